The van der Waals surface area contributed by atoms with Crippen molar-refractivity contribution >= 4 is 28.1 Å². The van der Waals surface area contributed by atoms with Crippen molar-refractivity contribution in [3.8, 4) is 11.5 Å². The molecular weight excluding hydrogens is 408 g/mol. The molecule has 5 nitrogen and oxygen atoms in total. The molecule has 2 N–H and O–H groups in total. The third kappa shape index (κ3) is 3.16. The van der Waals surface area contributed by atoms with Gasteiger partial charge in [0.25, 0.3) is 0 Å². The van der Waals surface area contributed by atoms with Gasteiger partial charge in [0.2, 0.25) is 5.91 Å². The Kier molecular flexibility index (Phi) is 4.33. The van der Waals surface area contributed by atoms with Crippen LogP contribution in [-0.2, 0) is 4.79 Å². The van der Waals surface area contributed by atoms with E-state index in [1.54, 1.807) is 18.3 Å². The van der Waals surface area contributed by atoms with Gasteiger partial charge in [0.1, 0.15) is 0 Å². The van der Waals surface area contributed by atoms with Crippen LogP contribution in [0.4, 0.5) is 0 Å². The summed E-state index contributed by atoms with van der Waals surface area (Å²) in [6.45, 7) is 4.72. The van der Waals surface area contributed by atoms with E-state index in [9.17, 15) is 9.90 Å². The molecule has 0 radical (unpaired) electrons. The molecule has 0 aliphatic heterocycles. The van der Waals surface area contributed by atoms with Gasteiger partial charge in [0.15, 0.2) is 11.5 Å². The van der Waals surface area contributed by atoms with Gasteiger partial charge in [-0.15, -0.1) is 0 Å². The van der Waals surface area contributed by atoms with Crippen molar-refractivity contribution in [2.75, 3.05) is 7.11 Å². The molecule has 4 aliphatic carbocycles. The molecule has 1 aromatic rings. The van der Waals surface area contributed by atoms with Gasteiger partial charge < -0.3 is 9.84 Å². The Morgan fingerprint density at radius 2 is 1.93 bits per heavy atom. The summed E-state index contributed by atoms with van der Waals surface area (Å²) in [7, 11) is 1.50. The number of ether oxygens (including phenoxy) is 1. The monoisotopic (exact) mass is 434 g/mol. The summed E-state index contributed by atoms with van der Waals surface area (Å²) in [5, 5.41) is 14.3. The number of methoxy groups -OCH3 is 1. The van der Waals surface area contributed by atoms with Gasteiger partial charge in [-0.3, -0.25) is 4.79 Å². The van der Waals surface area contributed by atoms with Gasteiger partial charge in [-0.2, -0.15) is 5.10 Å². The number of hydrazone groups is 1. The first kappa shape index (κ1) is 18.8. The minimum absolute atomic E-state index is 0.0229. The quantitative estimate of drug-likeness (QED) is 0.536. The molecule has 0 aromatic heterocycles. The number of nitrogens with one attached hydrogen (secondary N) is 1. The molecule has 0 heterocycles. The van der Waals surface area contributed by atoms with Gasteiger partial charge in [0.05, 0.1) is 23.2 Å². The highest BCUT2D eigenvalue weighted by Crippen LogP contribution is 2.69. The predicted octanol–water partition coefficient (Wildman–Crippen LogP) is 4.61. The zero-order valence-electron chi connectivity index (χ0n) is 16.1. The first-order chi connectivity index (χ1) is 12.7. The fourth-order valence-corrected chi connectivity index (χ4v) is 7.24. The molecule has 5 rings (SSSR count). The number of nitrogens with zero attached hydrogens (tertiary/aromatic N) is 1. The molecule has 1 amide bonds. The lowest BCUT2D eigenvalue weighted by molar-refractivity contribution is -0.170. The maximum absolute atomic E-state index is 13.1. The number of hydrogen-bond acceptors (Lipinski definition) is 4. The summed E-state index contributed by atoms with van der Waals surface area (Å²) < 4.78 is 5.58. The minimum atomic E-state index is -0.278. The normalized spacial score (nSPS) is 37.0. The lowest BCUT2D eigenvalue weighted by Gasteiger charge is -2.64. The van der Waals surface area contributed by atoms with E-state index >= 15 is 0 Å². The molecule has 4 saturated carbocycles. The minimum Gasteiger partial charge on any atom is -0.503 e. The van der Waals surface area contributed by atoms with Crippen LogP contribution in [0.25, 0.3) is 0 Å². The fraction of sp³-hybridized carbons (Fsp3) is 0.619. The van der Waals surface area contributed by atoms with E-state index < -0.39 is 0 Å². The van der Waals surface area contributed by atoms with E-state index in [4.69, 9.17) is 4.74 Å². The van der Waals surface area contributed by atoms with Crippen molar-refractivity contribution in [1.29, 1.82) is 0 Å². The number of amides is 1. The molecule has 27 heavy (non-hydrogen) atoms. The maximum Gasteiger partial charge on any atom is 0.246 e. The zero-order valence-corrected chi connectivity index (χ0v) is 17.7. The SMILES string of the molecule is COc1ccc(/C=N/NC(=O)C23CC4CC(C)(CC(C)(C4)C2)C3)c(Br)c1O. The topological polar surface area (TPSA) is 70.9 Å². The Morgan fingerprint density at radius 1 is 1.26 bits per heavy atom. The lowest BCUT2D eigenvalue weighted by atomic mass is 9.40. The fourth-order valence-electron chi connectivity index (χ4n) is 6.81. The third-order valence-corrected chi connectivity index (χ3v) is 7.64. The number of carbonyl (C=O) groups is 1. The average Bonchev–Trinajstić information content (AvgIpc) is 2.55. The molecule has 2 atom stereocenters. The smallest absolute Gasteiger partial charge is 0.246 e. The number of phenols is 1. The summed E-state index contributed by atoms with van der Waals surface area (Å²) >= 11 is 3.35. The molecule has 4 fully saturated rings. The van der Waals surface area contributed by atoms with Crippen molar-refractivity contribution in [2.24, 2.45) is 27.3 Å². The number of hydrogen-bond donors (Lipinski definition) is 2. The summed E-state index contributed by atoms with van der Waals surface area (Å²) in [5.74, 6) is 1.13. The second-order valence-electron chi connectivity index (χ2n) is 9.63. The molecule has 2 unspecified atom stereocenters. The van der Waals surface area contributed by atoms with E-state index in [0.29, 0.717) is 32.5 Å². The van der Waals surface area contributed by atoms with E-state index in [2.05, 4.69) is 40.3 Å². The van der Waals surface area contributed by atoms with Crippen molar-refractivity contribution in [1.82, 2.24) is 5.43 Å². The summed E-state index contributed by atoms with van der Waals surface area (Å²) in [6, 6.07) is 3.45. The Labute approximate surface area is 168 Å². The molecular formula is C21H27BrN2O3. The first-order valence-corrected chi connectivity index (χ1v) is 10.4. The Balaban J connectivity index is 1.50. The first-order valence-electron chi connectivity index (χ1n) is 9.57. The van der Waals surface area contributed by atoms with Gasteiger partial charge in [0, 0.05) is 5.56 Å². The zero-order chi connectivity index (χ0) is 19.4. The molecule has 1 aromatic carbocycles. The number of carbonyl (C=O) groups excluding carboxylic acids is 1. The van der Waals surface area contributed by atoms with Crippen LogP contribution in [0.15, 0.2) is 21.7 Å². The largest absolute Gasteiger partial charge is 0.503 e. The third-order valence-electron chi connectivity index (χ3n) is 6.81. The van der Waals surface area contributed by atoms with Crippen LogP contribution in [0.1, 0.15) is 57.9 Å². The van der Waals surface area contributed by atoms with Gasteiger partial charge >= 0.3 is 0 Å². The van der Waals surface area contributed by atoms with Gasteiger partial charge in [-0.05, 0) is 83.3 Å². The van der Waals surface area contributed by atoms with E-state index in [0.717, 1.165) is 19.3 Å². The van der Waals surface area contributed by atoms with Crippen molar-refractivity contribution in [2.45, 2.75) is 52.4 Å². The average molecular weight is 435 g/mol. The molecule has 0 spiro atoms. The van der Waals surface area contributed by atoms with Crippen molar-refractivity contribution in [3.05, 3.63) is 22.2 Å². The van der Waals surface area contributed by atoms with Crippen molar-refractivity contribution in [3.63, 3.8) is 0 Å². The predicted molar refractivity (Wildman–Crippen MR) is 108 cm³/mol. The second-order valence-corrected chi connectivity index (χ2v) is 10.4. The maximum atomic E-state index is 13.1. The molecule has 4 bridgehead atoms. The highest BCUT2D eigenvalue weighted by atomic mass is 79.9. The van der Waals surface area contributed by atoms with E-state index in [1.807, 2.05) is 0 Å². The molecule has 6 heteroatoms. The van der Waals surface area contributed by atoms with Crippen LogP contribution in [0, 0.1) is 22.2 Å². The number of phenolic OH excluding ortho intramolecular Hbond substituents is 1. The number of rotatable bonds is 4. The summed E-state index contributed by atoms with van der Waals surface area (Å²) in [5.41, 5.74) is 3.78. The van der Waals surface area contributed by atoms with E-state index in [1.165, 1.54) is 26.4 Å². The molecule has 0 saturated heterocycles. The van der Waals surface area contributed by atoms with Crippen LogP contribution < -0.4 is 10.2 Å². The standard InChI is InChI=1S/C21H27BrN2O3/c1-19-6-13-7-20(2,10-19)12-21(8-13,11-19)18(26)24-23-9-14-4-5-15(27-3)17(25)16(14)22/h4-5,9,13,25H,6-8,10-12H2,1-3H3,(H,24,26)/b23-9+. The Morgan fingerprint density at radius 3 is 2.52 bits per heavy atom. The molecule has 4 aliphatic rings. The highest BCUT2D eigenvalue weighted by molar-refractivity contribution is 9.10. The molecule has 146 valence electrons. The summed E-state index contributed by atoms with van der Waals surface area (Å²) in [6.07, 6.45) is 8.27. The van der Waals surface area contributed by atoms with Gasteiger partial charge in [-0.25, -0.2) is 5.43 Å². The summed E-state index contributed by atoms with van der Waals surface area (Å²) in [4.78, 5) is 13.1. The number of aromatic hydroxyl groups is 1. The van der Waals surface area contributed by atoms with Crippen LogP contribution in [0.5, 0.6) is 11.5 Å². The van der Waals surface area contributed by atoms with Crippen LogP contribution in [0.3, 0.4) is 0 Å². The van der Waals surface area contributed by atoms with Crippen molar-refractivity contribution < 1.29 is 14.6 Å². The second kappa shape index (κ2) is 6.23. The number of halogens is 1. The van der Waals surface area contributed by atoms with Gasteiger partial charge in [-0.1, -0.05) is 13.8 Å². The Hall–Kier alpha value is -1.56. The number of benzene rings is 1. The highest BCUT2D eigenvalue weighted by Gasteiger charge is 2.62. The van der Waals surface area contributed by atoms with Crippen LogP contribution in [-0.4, -0.2) is 24.3 Å². The lowest BCUT2D eigenvalue weighted by Crippen LogP contribution is -2.59. The van der Waals surface area contributed by atoms with E-state index in [-0.39, 0.29) is 17.1 Å². The van der Waals surface area contributed by atoms with Crippen LogP contribution in [0.2, 0.25) is 0 Å². The van der Waals surface area contributed by atoms with Crippen LogP contribution >= 0.6 is 15.9 Å². The Bertz CT molecular complexity index is 804.